The molecule has 0 saturated carbocycles. The summed E-state index contributed by atoms with van der Waals surface area (Å²) in [6.45, 7) is 8.98. The third-order valence-electron chi connectivity index (χ3n) is 5.84. The second-order valence-electron chi connectivity index (χ2n) is 8.61. The third-order valence-corrected chi connectivity index (χ3v) is 5.84. The van der Waals surface area contributed by atoms with Crippen LogP contribution in [-0.2, 0) is 13.5 Å². The van der Waals surface area contributed by atoms with Crippen LogP contribution in [0.25, 0.3) is 33.2 Å². The molecule has 1 heterocycles. The number of nitrogens with zero attached hydrogens (tertiary/aromatic N) is 1. The van der Waals surface area contributed by atoms with Gasteiger partial charge < -0.3 is 0 Å². The molecule has 1 heteroatoms. The van der Waals surface area contributed by atoms with Crippen molar-refractivity contribution < 1.29 is 4.57 Å². The molecule has 0 unspecified atom stereocenters. The fraction of sp³-hybridized carbons (Fsp3) is 0.250. The molecule has 0 saturated heterocycles. The molecule has 3 aromatic carbocycles. The standard InChI is InChI=1S/C28H30N/c1-19(2)15-22-12-14-26-25(17-22)16-21(4)29(5)28(26)27-18-24(13-11-20(27)3)23-9-7-6-8-10-23/h6-14,16-19H,15H2,1-5H3/q+1. The van der Waals surface area contributed by atoms with Crippen LogP contribution in [0.2, 0.25) is 0 Å². The van der Waals surface area contributed by atoms with Crippen LogP contribution in [0.3, 0.4) is 0 Å². The number of pyridine rings is 1. The van der Waals surface area contributed by atoms with Gasteiger partial charge in [0, 0.05) is 13.0 Å². The first-order valence-electron chi connectivity index (χ1n) is 10.5. The molecule has 0 aliphatic rings. The summed E-state index contributed by atoms with van der Waals surface area (Å²) in [6, 6.07) is 26.8. The van der Waals surface area contributed by atoms with Gasteiger partial charge in [0.1, 0.15) is 7.05 Å². The van der Waals surface area contributed by atoms with Crippen LogP contribution in [0.4, 0.5) is 0 Å². The van der Waals surface area contributed by atoms with Crippen LogP contribution in [0.15, 0.2) is 72.8 Å². The SMILES string of the molecule is Cc1ccc(-c2ccccc2)cc1-c1c2ccc(CC(C)C)cc2cc(C)[n+]1C. The lowest BCUT2D eigenvalue weighted by molar-refractivity contribution is -0.665. The molecule has 0 N–H and O–H groups in total. The van der Waals surface area contributed by atoms with Crippen molar-refractivity contribution >= 4 is 10.8 Å². The minimum absolute atomic E-state index is 0.664. The van der Waals surface area contributed by atoms with E-state index in [4.69, 9.17) is 0 Å². The molecular formula is C28H30N+. The average molecular weight is 381 g/mol. The van der Waals surface area contributed by atoms with E-state index in [1.165, 1.54) is 50.0 Å². The van der Waals surface area contributed by atoms with Gasteiger partial charge in [0.25, 0.3) is 0 Å². The zero-order valence-corrected chi connectivity index (χ0v) is 18.2. The smallest absolute Gasteiger partial charge is 0.198 e. The molecule has 4 rings (SSSR count). The van der Waals surface area contributed by atoms with Gasteiger partial charge >= 0.3 is 0 Å². The van der Waals surface area contributed by atoms with E-state index in [-0.39, 0.29) is 0 Å². The lowest BCUT2D eigenvalue weighted by atomic mass is 9.93. The fourth-order valence-electron chi connectivity index (χ4n) is 4.24. The van der Waals surface area contributed by atoms with Gasteiger partial charge in [-0.2, -0.15) is 4.57 Å². The summed E-state index contributed by atoms with van der Waals surface area (Å²) in [4.78, 5) is 0. The Balaban J connectivity index is 1.95. The van der Waals surface area contributed by atoms with E-state index in [9.17, 15) is 0 Å². The van der Waals surface area contributed by atoms with Crippen molar-refractivity contribution in [1.29, 1.82) is 0 Å². The Hall–Kier alpha value is -2.93. The van der Waals surface area contributed by atoms with Gasteiger partial charge in [0.2, 0.25) is 5.69 Å². The second-order valence-corrected chi connectivity index (χ2v) is 8.61. The van der Waals surface area contributed by atoms with Crippen molar-refractivity contribution in [3.8, 4) is 22.4 Å². The van der Waals surface area contributed by atoms with E-state index < -0.39 is 0 Å². The topological polar surface area (TPSA) is 3.88 Å². The Morgan fingerprint density at radius 2 is 1.55 bits per heavy atom. The summed E-state index contributed by atoms with van der Waals surface area (Å²) in [7, 11) is 2.18. The Kier molecular flexibility index (Phi) is 5.24. The van der Waals surface area contributed by atoms with Gasteiger partial charge in [-0.05, 0) is 59.0 Å². The van der Waals surface area contributed by atoms with E-state index in [1.54, 1.807) is 0 Å². The monoisotopic (exact) mass is 380 g/mol. The summed E-state index contributed by atoms with van der Waals surface area (Å²) >= 11 is 0. The lowest BCUT2D eigenvalue weighted by Gasteiger charge is -2.13. The molecule has 4 aromatic rings. The molecule has 1 aromatic heterocycles. The van der Waals surface area contributed by atoms with Gasteiger partial charge in [-0.3, -0.25) is 0 Å². The van der Waals surface area contributed by atoms with Crippen molar-refractivity contribution in [3.05, 3.63) is 89.6 Å². The maximum absolute atomic E-state index is 2.38. The summed E-state index contributed by atoms with van der Waals surface area (Å²) in [5.41, 5.74) is 9.12. The number of aromatic nitrogens is 1. The second kappa shape index (κ2) is 7.83. The quantitative estimate of drug-likeness (QED) is 0.342. The van der Waals surface area contributed by atoms with Crippen molar-refractivity contribution in [1.82, 2.24) is 0 Å². The molecule has 146 valence electrons. The molecule has 0 bridgehead atoms. The van der Waals surface area contributed by atoms with Crippen LogP contribution in [0.5, 0.6) is 0 Å². The van der Waals surface area contributed by atoms with Crippen LogP contribution in [-0.4, -0.2) is 0 Å². The number of hydrogen-bond acceptors (Lipinski definition) is 0. The van der Waals surface area contributed by atoms with Gasteiger partial charge in [-0.25, -0.2) is 0 Å². The highest BCUT2D eigenvalue weighted by molar-refractivity contribution is 5.95. The lowest BCUT2D eigenvalue weighted by Crippen LogP contribution is -2.35. The molecule has 0 atom stereocenters. The van der Waals surface area contributed by atoms with Crippen molar-refractivity contribution in [3.63, 3.8) is 0 Å². The molecule has 0 amide bonds. The van der Waals surface area contributed by atoms with E-state index in [1.807, 2.05) is 0 Å². The molecule has 0 spiro atoms. The molecule has 0 radical (unpaired) electrons. The molecule has 0 aliphatic carbocycles. The predicted octanol–water partition coefficient (Wildman–Crippen LogP) is 6.81. The Bertz CT molecular complexity index is 1170. The summed E-state index contributed by atoms with van der Waals surface area (Å²) < 4.78 is 2.33. The van der Waals surface area contributed by atoms with Gasteiger partial charge in [0.15, 0.2) is 5.69 Å². The first-order chi connectivity index (χ1) is 13.9. The summed E-state index contributed by atoms with van der Waals surface area (Å²) in [6.07, 6.45) is 1.12. The largest absolute Gasteiger partial charge is 0.220 e. The van der Waals surface area contributed by atoms with Crippen LogP contribution < -0.4 is 4.57 Å². The van der Waals surface area contributed by atoms with E-state index in [0.29, 0.717) is 5.92 Å². The highest BCUT2D eigenvalue weighted by Crippen LogP contribution is 2.33. The Morgan fingerprint density at radius 1 is 0.793 bits per heavy atom. The van der Waals surface area contributed by atoms with Gasteiger partial charge in [-0.15, -0.1) is 0 Å². The summed E-state index contributed by atoms with van der Waals surface area (Å²) in [5, 5.41) is 2.65. The number of benzene rings is 3. The molecule has 0 aliphatic heterocycles. The van der Waals surface area contributed by atoms with Crippen LogP contribution >= 0.6 is 0 Å². The minimum Gasteiger partial charge on any atom is -0.198 e. The number of aryl methyl sites for hydroxylation is 2. The molecule has 0 fully saturated rings. The van der Waals surface area contributed by atoms with Crippen molar-refractivity contribution in [2.45, 2.75) is 34.1 Å². The van der Waals surface area contributed by atoms with Crippen molar-refractivity contribution in [2.24, 2.45) is 13.0 Å². The maximum atomic E-state index is 2.38. The zero-order valence-electron chi connectivity index (χ0n) is 18.2. The molecular weight excluding hydrogens is 350 g/mol. The fourth-order valence-corrected chi connectivity index (χ4v) is 4.24. The third kappa shape index (κ3) is 3.82. The highest BCUT2D eigenvalue weighted by Gasteiger charge is 2.20. The Labute approximate surface area is 174 Å². The minimum atomic E-state index is 0.664. The number of fused-ring (bicyclic) bond motifs is 1. The molecule has 29 heavy (non-hydrogen) atoms. The first-order valence-corrected chi connectivity index (χ1v) is 10.5. The van der Waals surface area contributed by atoms with E-state index in [0.717, 1.165) is 6.42 Å². The van der Waals surface area contributed by atoms with Gasteiger partial charge in [0.05, 0.1) is 10.9 Å². The Morgan fingerprint density at radius 3 is 2.28 bits per heavy atom. The van der Waals surface area contributed by atoms with E-state index in [2.05, 4.69) is 112 Å². The molecule has 1 nitrogen and oxygen atoms in total. The van der Waals surface area contributed by atoms with Crippen LogP contribution in [0, 0.1) is 19.8 Å². The first kappa shape index (κ1) is 19.4. The average Bonchev–Trinajstić information content (AvgIpc) is 2.70. The summed E-state index contributed by atoms with van der Waals surface area (Å²) in [5.74, 6) is 0.664. The van der Waals surface area contributed by atoms with Gasteiger partial charge in [-0.1, -0.05) is 68.4 Å². The zero-order chi connectivity index (χ0) is 20.5. The number of hydrogen-bond donors (Lipinski definition) is 0. The normalized spacial score (nSPS) is 11.4. The van der Waals surface area contributed by atoms with Crippen LogP contribution in [0.1, 0.15) is 30.7 Å². The number of rotatable bonds is 4. The highest BCUT2D eigenvalue weighted by atomic mass is 14.9. The van der Waals surface area contributed by atoms with Crippen molar-refractivity contribution in [2.75, 3.05) is 0 Å². The predicted molar refractivity (Wildman–Crippen MR) is 124 cm³/mol. The maximum Gasteiger partial charge on any atom is 0.220 e. The van der Waals surface area contributed by atoms with E-state index >= 15 is 0 Å².